The lowest BCUT2D eigenvalue weighted by Gasteiger charge is -2.53. The molecule has 5 rings (SSSR count). The first-order valence-electron chi connectivity index (χ1n) is 9.39. The van der Waals surface area contributed by atoms with Crippen LogP contribution >= 0.6 is 0 Å². The molecule has 28 heavy (non-hydrogen) atoms. The molecule has 1 N–H and O–H groups in total. The number of aromatic nitrogens is 1. The highest BCUT2D eigenvalue weighted by atomic mass is 16.5. The molecule has 0 radical (unpaired) electrons. The molecule has 2 aromatic rings. The molecular formula is C21H23NO6. The molecule has 1 aliphatic carbocycles. The van der Waals surface area contributed by atoms with Crippen molar-refractivity contribution in [3.05, 3.63) is 41.1 Å². The van der Waals surface area contributed by atoms with E-state index in [1.54, 1.807) is 6.92 Å². The molecule has 1 saturated carbocycles. The lowest BCUT2D eigenvalue weighted by molar-refractivity contribution is -0.196. The van der Waals surface area contributed by atoms with Crippen molar-refractivity contribution in [2.45, 2.75) is 44.6 Å². The van der Waals surface area contributed by atoms with Gasteiger partial charge in [-0.3, -0.25) is 4.79 Å². The zero-order chi connectivity index (χ0) is 19.9. The van der Waals surface area contributed by atoms with Crippen molar-refractivity contribution < 1.29 is 28.7 Å². The number of aromatic carboxylic acids is 1. The minimum atomic E-state index is -1.05. The minimum Gasteiger partial charge on any atom is -0.477 e. The summed E-state index contributed by atoms with van der Waals surface area (Å²) >= 11 is 0. The molecule has 148 valence electrons. The number of fused-ring (bicyclic) bond motifs is 3. The molecule has 0 atom stereocenters. The number of ether oxygens (including phenoxy) is 2. The van der Waals surface area contributed by atoms with Gasteiger partial charge in [0.15, 0.2) is 5.76 Å². The van der Waals surface area contributed by atoms with E-state index < -0.39 is 5.97 Å². The summed E-state index contributed by atoms with van der Waals surface area (Å²) in [6.07, 6.45) is 3.96. The maximum atomic E-state index is 11.7. The second-order valence-electron chi connectivity index (χ2n) is 7.89. The van der Waals surface area contributed by atoms with Crippen molar-refractivity contribution in [3.63, 3.8) is 0 Å². The Morgan fingerprint density at radius 1 is 1.18 bits per heavy atom. The van der Waals surface area contributed by atoms with Crippen LogP contribution in [0, 0.1) is 12.3 Å². The molecule has 3 aliphatic rings. The third-order valence-corrected chi connectivity index (χ3v) is 6.27. The van der Waals surface area contributed by atoms with Crippen LogP contribution in [0.15, 0.2) is 28.8 Å². The molecule has 2 saturated heterocycles. The Hall–Kier alpha value is -2.67. The smallest absolute Gasteiger partial charge is 0.341 e. The first-order chi connectivity index (χ1) is 13.4. The normalized spacial score (nSPS) is 26.2. The highest BCUT2D eigenvalue weighted by Gasteiger charge is 2.51. The molecule has 2 bridgehead atoms. The van der Waals surface area contributed by atoms with Gasteiger partial charge in [-0.2, -0.15) is 0 Å². The van der Waals surface area contributed by atoms with Gasteiger partial charge in [-0.1, -0.05) is 29.4 Å². The maximum Gasteiger partial charge on any atom is 0.341 e. The van der Waals surface area contributed by atoms with Crippen LogP contribution in [-0.4, -0.2) is 35.9 Å². The second-order valence-corrected chi connectivity index (χ2v) is 7.89. The first-order valence-corrected chi connectivity index (χ1v) is 9.39. The molecule has 0 unspecified atom stereocenters. The number of rotatable bonds is 5. The SMILES string of the molecule is COC(=O)CC12CCC(c3ccc(-c4onc(C)c4C(=O)O)cc3)(CC1)OC2. The Morgan fingerprint density at radius 2 is 1.86 bits per heavy atom. The predicted molar refractivity (Wildman–Crippen MR) is 98.8 cm³/mol. The Labute approximate surface area is 162 Å². The summed E-state index contributed by atoms with van der Waals surface area (Å²) in [5.41, 5.74) is 1.73. The molecule has 3 heterocycles. The monoisotopic (exact) mass is 385 g/mol. The van der Waals surface area contributed by atoms with Crippen LogP contribution in [0.3, 0.4) is 0 Å². The number of aryl methyl sites for hydroxylation is 1. The quantitative estimate of drug-likeness (QED) is 0.784. The summed E-state index contributed by atoms with van der Waals surface area (Å²) in [6.45, 7) is 2.16. The van der Waals surface area contributed by atoms with Crippen LogP contribution in [0.2, 0.25) is 0 Å². The molecule has 1 aromatic carbocycles. The van der Waals surface area contributed by atoms with Crippen molar-refractivity contribution in [2.75, 3.05) is 13.7 Å². The van der Waals surface area contributed by atoms with Crippen LogP contribution in [0.4, 0.5) is 0 Å². The number of carbonyl (C=O) groups is 2. The summed E-state index contributed by atoms with van der Waals surface area (Å²) in [5.74, 6) is -0.973. The van der Waals surface area contributed by atoms with Gasteiger partial charge in [0.25, 0.3) is 0 Å². The average molecular weight is 385 g/mol. The van der Waals surface area contributed by atoms with Crippen molar-refractivity contribution in [1.29, 1.82) is 0 Å². The molecule has 3 fully saturated rings. The fraction of sp³-hybridized carbons (Fsp3) is 0.476. The zero-order valence-corrected chi connectivity index (χ0v) is 16.0. The van der Waals surface area contributed by atoms with E-state index in [1.807, 2.05) is 24.3 Å². The molecular weight excluding hydrogens is 362 g/mol. The van der Waals surface area contributed by atoms with E-state index in [9.17, 15) is 14.7 Å². The number of esters is 1. The predicted octanol–water partition coefficient (Wildman–Crippen LogP) is 3.70. The summed E-state index contributed by atoms with van der Waals surface area (Å²) in [4.78, 5) is 23.2. The summed E-state index contributed by atoms with van der Waals surface area (Å²) in [7, 11) is 1.42. The van der Waals surface area contributed by atoms with Crippen LogP contribution in [-0.2, 0) is 19.9 Å². The highest BCUT2D eigenvalue weighted by Crippen LogP contribution is 2.55. The number of hydrogen-bond donors (Lipinski definition) is 1. The molecule has 1 aromatic heterocycles. The number of hydrogen-bond acceptors (Lipinski definition) is 6. The van der Waals surface area contributed by atoms with Gasteiger partial charge < -0.3 is 19.1 Å². The van der Waals surface area contributed by atoms with Gasteiger partial charge in [-0.05, 0) is 38.2 Å². The Morgan fingerprint density at radius 3 is 2.39 bits per heavy atom. The van der Waals surface area contributed by atoms with Crippen molar-refractivity contribution in [2.24, 2.45) is 5.41 Å². The molecule has 0 spiro atoms. The van der Waals surface area contributed by atoms with Crippen LogP contribution in [0.5, 0.6) is 0 Å². The summed E-state index contributed by atoms with van der Waals surface area (Å²) in [6, 6.07) is 7.64. The van der Waals surface area contributed by atoms with E-state index in [0.29, 0.717) is 24.3 Å². The fourth-order valence-corrected chi connectivity index (χ4v) is 4.49. The second kappa shape index (κ2) is 6.74. The third-order valence-electron chi connectivity index (χ3n) is 6.27. The van der Waals surface area contributed by atoms with E-state index in [2.05, 4.69) is 5.16 Å². The lowest BCUT2D eigenvalue weighted by atomic mass is 9.63. The highest BCUT2D eigenvalue weighted by molar-refractivity contribution is 5.95. The van der Waals surface area contributed by atoms with E-state index in [1.165, 1.54) is 7.11 Å². The standard InChI is InChI=1S/C21H23NO6/c1-13-17(19(24)25)18(28-22-13)14-3-5-15(6-4-14)21-9-7-20(8-10-21,12-27-21)11-16(23)26-2/h3-6H,7-12H2,1-2H3,(H,24,25). The lowest BCUT2D eigenvalue weighted by Crippen LogP contribution is -2.50. The Bertz CT molecular complexity index is 889. The number of nitrogens with zero attached hydrogens (tertiary/aromatic N) is 1. The Balaban J connectivity index is 1.55. The van der Waals surface area contributed by atoms with Crippen LogP contribution < -0.4 is 0 Å². The van der Waals surface area contributed by atoms with Crippen molar-refractivity contribution in [1.82, 2.24) is 5.16 Å². The van der Waals surface area contributed by atoms with E-state index in [4.69, 9.17) is 14.0 Å². The summed E-state index contributed by atoms with van der Waals surface area (Å²) in [5, 5.41) is 13.2. The van der Waals surface area contributed by atoms with Gasteiger partial charge in [0.2, 0.25) is 0 Å². The van der Waals surface area contributed by atoms with E-state index in [0.717, 1.165) is 31.2 Å². The molecule has 0 amide bonds. The van der Waals surface area contributed by atoms with Gasteiger partial charge >= 0.3 is 11.9 Å². The van der Waals surface area contributed by atoms with E-state index >= 15 is 0 Å². The summed E-state index contributed by atoms with van der Waals surface area (Å²) < 4.78 is 16.4. The van der Waals surface area contributed by atoms with Gasteiger partial charge in [0, 0.05) is 11.0 Å². The average Bonchev–Trinajstić information content (AvgIpc) is 3.11. The third kappa shape index (κ3) is 2.99. The van der Waals surface area contributed by atoms with Crippen molar-refractivity contribution in [3.8, 4) is 11.3 Å². The number of benzene rings is 1. The largest absolute Gasteiger partial charge is 0.477 e. The molecule has 7 heteroatoms. The topological polar surface area (TPSA) is 98.9 Å². The number of carboxylic acids is 1. The van der Waals surface area contributed by atoms with E-state index in [-0.39, 0.29) is 28.3 Å². The first kappa shape index (κ1) is 18.7. The van der Waals surface area contributed by atoms with Gasteiger partial charge in [0.05, 0.1) is 31.4 Å². The number of methoxy groups -OCH3 is 1. The number of carbonyl (C=O) groups excluding carboxylic acids is 1. The van der Waals surface area contributed by atoms with Gasteiger partial charge in [0.1, 0.15) is 5.56 Å². The van der Waals surface area contributed by atoms with Crippen LogP contribution in [0.25, 0.3) is 11.3 Å². The molecule has 7 nitrogen and oxygen atoms in total. The maximum absolute atomic E-state index is 11.7. The minimum absolute atomic E-state index is 0.0880. The fourth-order valence-electron chi connectivity index (χ4n) is 4.49. The van der Waals surface area contributed by atoms with Gasteiger partial charge in [-0.25, -0.2) is 4.79 Å². The van der Waals surface area contributed by atoms with Crippen molar-refractivity contribution >= 4 is 11.9 Å². The molecule has 2 aliphatic heterocycles. The number of carboxylic acid groups (broad SMARTS) is 1. The zero-order valence-electron chi connectivity index (χ0n) is 16.0. The van der Waals surface area contributed by atoms with Crippen LogP contribution in [0.1, 0.15) is 53.7 Å². The van der Waals surface area contributed by atoms with Gasteiger partial charge in [-0.15, -0.1) is 0 Å². The Kier molecular flexibility index (Phi) is 4.50.